The molecular formula is C25H26N6O3S. The summed E-state index contributed by atoms with van der Waals surface area (Å²) in [6, 6.07) is 9.15. The third kappa shape index (κ3) is 5.28. The van der Waals surface area contributed by atoms with Gasteiger partial charge in [0.05, 0.1) is 30.3 Å². The van der Waals surface area contributed by atoms with Crippen LogP contribution in [0.2, 0.25) is 0 Å². The van der Waals surface area contributed by atoms with Crippen LogP contribution < -0.4 is 15.8 Å². The molecule has 2 aromatic heterocycles. The van der Waals surface area contributed by atoms with E-state index >= 15 is 0 Å². The second-order valence-corrected chi connectivity index (χ2v) is 10.3. The fraction of sp³-hybridized carbons (Fsp3) is 0.400. The first-order valence-electron chi connectivity index (χ1n) is 11.3. The van der Waals surface area contributed by atoms with Gasteiger partial charge in [0.15, 0.2) is 0 Å². The van der Waals surface area contributed by atoms with E-state index < -0.39 is 11.7 Å². The zero-order valence-electron chi connectivity index (χ0n) is 19.9. The number of rotatable bonds is 4. The molecule has 35 heavy (non-hydrogen) atoms. The Morgan fingerprint density at radius 2 is 2.17 bits per heavy atom. The molecule has 1 N–H and O–H groups in total. The Morgan fingerprint density at radius 3 is 2.89 bits per heavy atom. The molecular weight excluding hydrogens is 464 g/mol. The summed E-state index contributed by atoms with van der Waals surface area (Å²) in [5.74, 6) is 0.425. The lowest BCUT2D eigenvalue weighted by Crippen LogP contribution is -2.50. The van der Waals surface area contributed by atoms with Crippen LogP contribution in [0.3, 0.4) is 0 Å². The van der Waals surface area contributed by atoms with Crippen molar-refractivity contribution in [2.24, 2.45) is 0 Å². The van der Waals surface area contributed by atoms with E-state index in [9.17, 15) is 14.9 Å². The van der Waals surface area contributed by atoms with Crippen molar-refractivity contribution in [3.05, 3.63) is 62.5 Å². The molecule has 4 rings (SSSR count). The highest BCUT2D eigenvalue weighted by Gasteiger charge is 2.28. The molecule has 0 saturated carbocycles. The predicted molar refractivity (Wildman–Crippen MR) is 135 cm³/mol. The Balaban J connectivity index is 1.73. The van der Waals surface area contributed by atoms with E-state index in [1.165, 1.54) is 11.3 Å². The van der Waals surface area contributed by atoms with Gasteiger partial charge in [-0.1, -0.05) is 18.2 Å². The molecule has 0 unspecified atom stereocenters. The van der Waals surface area contributed by atoms with E-state index in [2.05, 4.69) is 16.2 Å². The lowest BCUT2D eigenvalue weighted by atomic mass is 10.1. The maximum Gasteiger partial charge on any atom is 0.407 e. The molecule has 1 amide bonds. The molecule has 0 bridgehead atoms. The lowest BCUT2D eigenvalue weighted by Gasteiger charge is -2.35. The van der Waals surface area contributed by atoms with Gasteiger partial charge in [0.2, 0.25) is 11.6 Å². The molecule has 1 atom stereocenters. The molecule has 1 aliphatic rings. The predicted octanol–water partition coefficient (Wildman–Crippen LogP) is 4.42. The van der Waals surface area contributed by atoms with Crippen LogP contribution in [0.25, 0.3) is 15.1 Å². The van der Waals surface area contributed by atoms with Crippen LogP contribution in [-0.2, 0) is 11.3 Å². The molecule has 0 radical (unpaired) electrons. The molecule has 0 spiro atoms. The molecule has 3 aromatic rings. The maximum atomic E-state index is 13.6. The largest absolute Gasteiger partial charge is 0.444 e. The Hall–Kier alpha value is -3.89. The molecule has 1 aliphatic heterocycles. The second kappa shape index (κ2) is 9.77. The number of nitrogens with one attached hydrogen (secondary N) is 1. The summed E-state index contributed by atoms with van der Waals surface area (Å²) < 4.78 is 7.38. The number of aromatic nitrogens is 2. The van der Waals surface area contributed by atoms with E-state index in [1.807, 2.05) is 37.8 Å². The Kier molecular flexibility index (Phi) is 6.77. The van der Waals surface area contributed by atoms with Crippen molar-refractivity contribution in [2.45, 2.75) is 51.8 Å². The Morgan fingerprint density at radius 1 is 1.40 bits per heavy atom. The van der Waals surface area contributed by atoms with Gasteiger partial charge in [-0.25, -0.2) is 14.6 Å². The number of carbonyl (C=O) groups is 1. The van der Waals surface area contributed by atoms with Crippen molar-refractivity contribution in [2.75, 3.05) is 18.0 Å². The SMILES string of the molecule is [C-]#[N+]c1csc2c(=O)n(Cc3ccccc3C#N)c(N3CCC[C@@H](NC(=O)OC(C)(C)C)C3)nc12. The van der Waals surface area contributed by atoms with E-state index in [0.29, 0.717) is 46.1 Å². The van der Waals surface area contributed by atoms with E-state index in [-0.39, 0.29) is 18.1 Å². The normalized spacial score (nSPS) is 15.9. The molecule has 1 saturated heterocycles. The highest BCUT2D eigenvalue weighted by Crippen LogP contribution is 2.31. The van der Waals surface area contributed by atoms with Gasteiger partial charge in [-0.15, -0.1) is 11.3 Å². The standard InChI is InChI=1S/C25H26N6O3S/c1-25(2,3)34-24(33)28-18-10-7-11-30(14-18)23-29-20-19(27-4)15-35-21(20)22(32)31(23)13-17-9-6-5-8-16(17)12-26/h5-6,8-9,15,18H,7,10-11,13-14H2,1-3H3,(H,28,33)/t18-/m1/s1. The fourth-order valence-corrected chi connectivity index (χ4v) is 4.99. The van der Waals surface area contributed by atoms with Crippen molar-refractivity contribution in [3.63, 3.8) is 0 Å². The number of piperidine rings is 1. The smallest absolute Gasteiger partial charge is 0.407 e. The third-order valence-corrected chi connectivity index (χ3v) is 6.60. The third-order valence-electron chi connectivity index (χ3n) is 5.65. The molecule has 10 heteroatoms. The monoisotopic (exact) mass is 490 g/mol. The maximum absolute atomic E-state index is 13.6. The van der Waals surface area contributed by atoms with Gasteiger partial charge < -0.3 is 15.0 Å². The van der Waals surface area contributed by atoms with Crippen LogP contribution in [0.4, 0.5) is 16.4 Å². The first-order chi connectivity index (χ1) is 16.7. The number of fused-ring (bicyclic) bond motifs is 1. The van der Waals surface area contributed by atoms with Crippen molar-refractivity contribution in [3.8, 4) is 6.07 Å². The summed E-state index contributed by atoms with van der Waals surface area (Å²) in [5.41, 5.74) is 1.07. The second-order valence-electron chi connectivity index (χ2n) is 9.41. The summed E-state index contributed by atoms with van der Waals surface area (Å²) in [6.07, 6.45) is 1.06. The topological polar surface area (TPSA) is 105 Å². The van der Waals surface area contributed by atoms with Crippen molar-refractivity contribution >= 4 is 39.3 Å². The number of thiophene rings is 1. The first-order valence-corrected chi connectivity index (χ1v) is 12.2. The minimum absolute atomic E-state index is 0.173. The number of amides is 1. The van der Waals surface area contributed by atoms with Crippen molar-refractivity contribution in [1.82, 2.24) is 14.9 Å². The van der Waals surface area contributed by atoms with Crippen molar-refractivity contribution in [1.29, 1.82) is 5.26 Å². The van der Waals surface area contributed by atoms with Gasteiger partial charge in [-0.2, -0.15) is 5.26 Å². The molecule has 0 aliphatic carbocycles. The summed E-state index contributed by atoms with van der Waals surface area (Å²) in [5, 5.41) is 14.1. The zero-order chi connectivity index (χ0) is 25.2. The lowest BCUT2D eigenvalue weighted by molar-refractivity contribution is 0.0499. The van der Waals surface area contributed by atoms with E-state index in [1.54, 1.807) is 22.1 Å². The number of alkyl carbamates (subject to hydrolysis) is 1. The number of ether oxygens (including phenoxy) is 1. The van der Waals surface area contributed by atoms with Crippen LogP contribution in [0.15, 0.2) is 34.4 Å². The molecule has 3 heterocycles. The average molecular weight is 491 g/mol. The van der Waals surface area contributed by atoms with Gasteiger partial charge in [-0.05, 0) is 50.6 Å². The van der Waals surface area contributed by atoms with E-state index in [4.69, 9.17) is 16.3 Å². The number of hydrogen-bond donors (Lipinski definition) is 1. The molecule has 1 aromatic carbocycles. The molecule has 9 nitrogen and oxygen atoms in total. The van der Waals surface area contributed by atoms with Crippen LogP contribution >= 0.6 is 11.3 Å². The summed E-state index contributed by atoms with van der Waals surface area (Å²) >= 11 is 1.20. The van der Waals surface area contributed by atoms with Crippen LogP contribution in [0.5, 0.6) is 0 Å². The number of nitriles is 1. The first kappa shape index (κ1) is 24.2. The number of benzene rings is 1. The quantitative estimate of drug-likeness (QED) is 0.543. The van der Waals surface area contributed by atoms with Gasteiger partial charge in [0.25, 0.3) is 5.56 Å². The summed E-state index contributed by atoms with van der Waals surface area (Å²) in [6.45, 7) is 14.2. The van der Waals surface area contributed by atoms with Crippen LogP contribution in [-0.4, -0.2) is 40.4 Å². The Labute approximate surface area is 207 Å². The van der Waals surface area contributed by atoms with Gasteiger partial charge in [-0.3, -0.25) is 9.36 Å². The van der Waals surface area contributed by atoms with Gasteiger partial charge in [0.1, 0.15) is 10.3 Å². The minimum atomic E-state index is -0.602. The highest BCUT2D eigenvalue weighted by atomic mass is 32.1. The van der Waals surface area contributed by atoms with Crippen molar-refractivity contribution < 1.29 is 9.53 Å². The molecule has 180 valence electrons. The summed E-state index contributed by atoms with van der Waals surface area (Å²) in [4.78, 5) is 36.2. The number of carbonyl (C=O) groups excluding carboxylic acids is 1. The molecule has 1 fully saturated rings. The Bertz CT molecular complexity index is 1410. The fourth-order valence-electron chi connectivity index (χ4n) is 4.13. The van der Waals surface area contributed by atoms with E-state index in [0.717, 1.165) is 12.8 Å². The minimum Gasteiger partial charge on any atom is -0.444 e. The zero-order valence-corrected chi connectivity index (χ0v) is 20.7. The number of hydrogen-bond acceptors (Lipinski definition) is 7. The summed E-state index contributed by atoms with van der Waals surface area (Å²) in [7, 11) is 0. The number of anilines is 1. The van der Waals surface area contributed by atoms with Gasteiger partial charge in [0, 0.05) is 19.1 Å². The van der Waals surface area contributed by atoms with Gasteiger partial charge >= 0.3 is 6.09 Å². The van der Waals surface area contributed by atoms with Crippen LogP contribution in [0, 0.1) is 17.9 Å². The highest BCUT2D eigenvalue weighted by molar-refractivity contribution is 7.17. The van der Waals surface area contributed by atoms with Crippen LogP contribution in [0.1, 0.15) is 44.7 Å². The number of nitrogens with zero attached hydrogens (tertiary/aromatic N) is 5. The average Bonchev–Trinajstić information content (AvgIpc) is 3.23.